The SMILES string of the molecule is CCOc1cc(C2C3=CCC4C(=O)N(CCCCCC(=O)O)C(=O)C4C3CC3C(=O)N(c4ccc(F)c(Cl)c4)C(=O)C32C)ccc1O. The largest absolute Gasteiger partial charge is 0.504 e. The smallest absolute Gasteiger partial charge is 0.303 e. The number of amides is 4. The molecular weight excluding hydrogens is 631 g/mol. The average Bonchev–Trinajstić information content (AvgIpc) is 3.39. The standard InChI is InChI=1S/C35H36ClFN2O8/c1-3-47-27-15-18(8-13-26(27)40)30-20-10-11-21-29(33(45)38(31(21)43)14-6-4-5-7-28(41)42)22(20)17-23-32(44)39(34(46)35(23,30)2)19-9-12-25(37)24(36)16-19/h8-10,12-13,15-16,21-23,29-30,40H,3-7,11,14,17H2,1-2H3,(H,41,42). The van der Waals surface area contributed by atoms with Crippen molar-refractivity contribution >= 4 is 46.9 Å². The van der Waals surface area contributed by atoms with E-state index in [1.54, 1.807) is 26.0 Å². The maximum atomic E-state index is 14.5. The van der Waals surface area contributed by atoms with Gasteiger partial charge in [-0.3, -0.25) is 28.9 Å². The first-order chi connectivity index (χ1) is 22.4. The summed E-state index contributed by atoms with van der Waals surface area (Å²) in [6, 6.07) is 8.48. The number of allylic oxidation sites excluding steroid dienone is 2. The Labute approximate surface area is 276 Å². The van der Waals surface area contributed by atoms with Crippen molar-refractivity contribution in [2.75, 3.05) is 18.1 Å². The molecule has 0 spiro atoms. The fourth-order valence-corrected chi connectivity index (χ4v) is 8.43. The molecule has 4 aliphatic rings. The van der Waals surface area contributed by atoms with Crippen LogP contribution in [0.3, 0.4) is 0 Å². The maximum absolute atomic E-state index is 14.5. The molecule has 6 atom stereocenters. The number of hydrogen-bond donors (Lipinski definition) is 2. The topological polar surface area (TPSA) is 142 Å². The van der Waals surface area contributed by atoms with Gasteiger partial charge < -0.3 is 14.9 Å². The van der Waals surface area contributed by atoms with E-state index in [9.17, 15) is 33.5 Å². The van der Waals surface area contributed by atoms with E-state index in [0.717, 1.165) is 16.5 Å². The minimum Gasteiger partial charge on any atom is -0.504 e. The summed E-state index contributed by atoms with van der Waals surface area (Å²) in [6.45, 7) is 3.96. The normalized spacial score (nSPS) is 28.3. The number of phenolic OH excluding ortho intramolecular Hbond substituents is 1. The van der Waals surface area contributed by atoms with E-state index < -0.39 is 58.6 Å². The highest BCUT2D eigenvalue weighted by Crippen LogP contribution is 2.64. The van der Waals surface area contributed by atoms with Crippen LogP contribution in [0.1, 0.15) is 63.9 Å². The van der Waals surface area contributed by atoms with E-state index in [1.807, 2.05) is 6.08 Å². The number of carbonyl (C=O) groups excluding carboxylic acids is 4. The predicted molar refractivity (Wildman–Crippen MR) is 168 cm³/mol. The summed E-state index contributed by atoms with van der Waals surface area (Å²) in [6.07, 6.45) is 3.85. The highest BCUT2D eigenvalue weighted by molar-refractivity contribution is 6.31. The monoisotopic (exact) mass is 666 g/mol. The van der Waals surface area contributed by atoms with E-state index in [4.69, 9.17) is 21.4 Å². The van der Waals surface area contributed by atoms with Gasteiger partial charge in [-0.25, -0.2) is 9.29 Å². The van der Waals surface area contributed by atoms with Crippen molar-refractivity contribution in [3.63, 3.8) is 0 Å². The third kappa shape index (κ3) is 5.28. The minimum absolute atomic E-state index is 0.0141. The molecule has 2 heterocycles. The van der Waals surface area contributed by atoms with Gasteiger partial charge in [-0.1, -0.05) is 35.7 Å². The zero-order valence-corrected chi connectivity index (χ0v) is 26.8. The number of rotatable bonds is 10. The molecule has 0 aromatic heterocycles. The van der Waals surface area contributed by atoms with Crippen LogP contribution < -0.4 is 9.64 Å². The average molecular weight is 667 g/mol. The number of aromatic hydroxyl groups is 1. The number of nitrogens with zero attached hydrogens (tertiary/aromatic N) is 2. The van der Waals surface area contributed by atoms with Crippen molar-refractivity contribution in [1.82, 2.24) is 4.90 Å². The van der Waals surface area contributed by atoms with Crippen LogP contribution in [-0.4, -0.2) is 57.9 Å². The van der Waals surface area contributed by atoms with Gasteiger partial charge in [0, 0.05) is 18.9 Å². The molecule has 6 rings (SSSR count). The van der Waals surface area contributed by atoms with Crippen molar-refractivity contribution in [2.24, 2.45) is 29.1 Å². The summed E-state index contributed by atoms with van der Waals surface area (Å²) in [7, 11) is 0. The Morgan fingerprint density at radius 1 is 1.04 bits per heavy atom. The molecule has 0 radical (unpaired) electrons. The van der Waals surface area contributed by atoms with Gasteiger partial charge >= 0.3 is 5.97 Å². The molecule has 1 saturated carbocycles. The molecule has 2 saturated heterocycles. The van der Waals surface area contributed by atoms with E-state index >= 15 is 0 Å². The highest BCUT2D eigenvalue weighted by Gasteiger charge is 2.67. The van der Waals surface area contributed by atoms with Crippen molar-refractivity contribution < 1.29 is 43.3 Å². The Hall–Kier alpha value is -4.25. The molecule has 6 unspecified atom stereocenters. The van der Waals surface area contributed by atoms with Crippen LogP contribution in [0.5, 0.6) is 11.5 Å². The summed E-state index contributed by atoms with van der Waals surface area (Å²) in [5.74, 6) is -6.53. The lowest BCUT2D eigenvalue weighted by Gasteiger charge is -2.49. The Bertz CT molecular complexity index is 1710. The van der Waals surface area contributed by atoms with Crippen LogP contribution in [0.4, 0.5) is 10.1 Å². The zero-order valence-electron chi connectivity index (χ0n) is 26.1. The number of aliphatic carboxylic acids is 1. The number of unbranched alkanes of at least 4 members (excludes halogenated alkanes) is 2. The van der Waals surface area contributed by atoms with E-state index in [2.05, 4.69) is 0 Å². The molecule has 2 aromatic carbocycles. The summed E-state index contributed by atoms with van der Waals surface area (Å²) >= 11 is 6.06. The predicted octanol–water partition coefficient (Wildman–Crippen LogP) is 5.46. The van der Waals surface area contributed by atoms with Gasteiger partial charge in [0.25, 0.3) is 0 Å². The number of carboxylic acids is 1. The van der Waals surface area contributed by atoms with Crippen molar-refractivity contribution in [1.29, 1.82) is 0 Å². The van der Waals surface area contributed by atoms with Gasteiger partial charge in [-0.05, 0) is 81.3 Å². The number of halogens is 2. The first kappa shape index (κ1) is 32.7. The fourth-order valence-electron chi connectivity index (χ4n) is 8.26. The van der Waals surface area contributed by atoms with Gasteiger partial charge in [0.05, 0.1) is 40.5 Å². The highest BCUT2D eigenvalue weighted by atomic mass is 35.5. The van der Waals surface area contributed by atoms with Gasteiger partial charge in [0.2, 0.25) is 23.6 Å². The third-order valence-corrected chi connectivity index (χ3v) is 10.7. The molecule has 2 N–H and O–H groups in total. The molecule has 10 nitrogen and oxygen atoms in total. The van der Waals surface area contributed by atoms with Crippen LogP contribution in [0.25, 0.3) is 0 Å². The molecule has 12 heteroatoms. The summed E-state index contributed by atoms with van der Waals surface area (Å²) in [4.78, 5) is 69.5. The van der Waals surface area contributed by atoms with Gasteiger partial charge in [-0.2, -0.15) is 0 Å². The van der Waals surface area contributed by atoms with Crippen LogP contribution in [0, 0.1) is 34.9 Å². The van der Waals surface area contributed by atoms with Crippen LogP contribution in [0.15, 0.2) is 48.0 Å². The number of fused-ring (bicyclic) bond motifs is 4. The van der Waals surface area contributed by atoms with Gasteiger partial charge in [-0.15, -0.1) is 0 Å². The Morgan fingerprint density at radius 3 is 2.51 bits per heavy atom. The molecular formula is C35H36ClFN2O8. The number of carbonyl (C=O) groups is 5. The number of anilines is 1. The van der Waals surface area contributed by atoms with E-state index in [-0.39, 0.29) is 66.4 Å². The lowest BCUT2D eigenvalue weighted by molar-refractivity contribution is -0.141. The first-order valence-corrected chi connectivity index (χ1v) is 16.3. The minimum atomic E-state index is -1.33. The van der Waals surface area contributed by atoms with Crippen molar-refractivity contribution in [3.8, 4) is 11.5 Å². The Morgan fingerprint density at radius 2 is 1.81 bits per heavy atom. The van der Waals surface area contributed by atoms with Crippen molar-refractivity contribution in [3.05, 3.63) is 64.5 Å². The number of ether oxygens (including phenoxy) is 1. The molecule has 2 aliphatic carbocycles. The third-order valence-electron chi connectivity index (χ3n) is 10.4. The summed E-state index contributed by atoms with van der Waals surface area (Å²) < 4.78 is 19.8. The number of carboxylic acid groups (broad SMARTS) is 1. The summed E-state index contributed by atoms with van der Waals surface area (Å²) in [5, 5.41) is 19.2. The second kappa shape index (κ2) is 12.4. The van der Waals surface area contributed by atoms with Crippen LogP contribution >= 0.6 is 11.6 Å². The number of phenols is 1. The fraction of sp³-hybridized carbons (Fsp3) is 0.457. The number of hydrogen-bond acceptors (Lipinski definition) is 7. The lowest BCUT2D eigenvalue weighted by atomic mass is 9.51. The molecule has 0 bridgehead atoms. The second-order valence-electron chi connectivity index (χ2n) is 13.0. The van der Waals surface area contributed by atoms with Crippen molar-refractivity contribution in [2.45, 2.75) is 58.3 Å². The quantitative estimate of drug-likeness (QED) is 0.194. The maximum Gasteiger partial charge on any atom is 0.303 e. The second-order valence-corrected chi connectivity index (χ2v) is 13.4. The number of likely N-dealkylation sites (tertiary alicyclic amines) is 1. The van der Waals surface area contributed by atoms with E-state index in [1.165, 1.54) is 23.1 Å². The molecule has 47 heavy (non-hydrogen) atoms. The lowest BCUT2D eigenvalue weighted by Crippen LogP contribution is -2.48. The van der Waals surface area contributed by atoms with Gasteiger partial charge in [0.1, 0.15) is 5.82 Å². The van der Waals surface area contributed by atoms with Crippen LogP contribution in [0.2, 0.25) is 5.02 Å². The Balaban J connectivity index is 1.41. The van der Waals surface area contributed by atoms with Gasteiger partial charge in [0.15, 0.2) is 11.5 Å². The first-order valence-electron chi connectivity index (χ1n) is 16.0. The van der Waals surface area contributed by atoms with E-state index in [0.29, 0.717) is 24.8 Å². The number of imide groups is 2. The number of benzene rings is 2. The molecule has 248 valence electrons. The van der Waals surface area contributed by atoms with Crippen LogP contribution in [-0.2, 0) is 24.0 Å². The zero-order chi connectivity index (χ0) is 33.8. The summed E-state index contributed by atoms with van der Waals surface area (Å²) in [5.41, 5.74) is 0.198. The molecule has 3 fully saturated rings. The molecule has 4 amide bonds. The molecule has 2 aliphatic heterocycles. The molecule has 2 aromatic rings. The Kier molecular flexibility index (Phi) is 8.63.